The van der Waals surface area contributed by atoms with Crippen molar-refractivity contribution in [1.82, 2.24) is 5.32 Å². The van der Waals surface area contributed by atoms with Crippen molar-refractivity contribution in [3.05, 3.63) is 64.9 Å². The smallest absolute Gasteiger partial charge is 0.407 e. The summed E-state index contributed by atoms with van der Waals surface area (Å²) in [6.45, 7) is 0.647. The molecule has 1 atom stereocenters. The average molecular weight is 396 g/mol. The molecule has 0 saturated carbocycles. The first-order valence-electron chi connectivity index (χ1n) is 9.07. The molecule has 7 heteroatoms. The van der Waals surface area contributed by atoms with E-state index in [0.717, 1.165) is 15.6 Å². The summed E-state index contributed by atoms with van der Waals surface area (Å²) in [5, 5.41) is 17.2. The Kier molecular flexibility index (Phi) is 5.02. The van der Waals surface area contributed by atoms with Gasteiger partial charge in [0.25, 0.3) is 11.7 Å². The molecule has 2 aromatic carbocycles. The van der Waals surface area contributed by atoms with Crippen molar-refractivity contribution in [2.24, 2.45) is 0 Å². The molecular weight excluding hydrogens is 376 g/mol. The second-order valence-electron chi connectivity index (χ2n) is 6.67. The zero-order valence-corrected chi connectivity index (χ0v) is 15.9. The maximum absolute atomic E-state index is 12.7. The summed E-state index contributed by atoms with van der Waals surface area (Å²) in [4.78, 5) is 27.4. The molecule has 0 spiro atoms. The van der Waals surface area contributed by atoms with Crippen molar-refractivity contribution in [3.8, 4) is 0 Å². The molecule has 0 unspecified atom stereocenters. The number of fused-ring (bicyclic) bond motifs is 1. The van der Waals surface area contributed by atoms with Gasteiger partial charge in [0.2, 0.25) is 0 Å². The predicted octanol–water partition coefficient (Wildman–Crippen LogP) is 3.30. The number of thiophene rings is 1. The van der Waals surface area contributed by atoms with E-state index in [2.05, 4.69) is 5.32 Å². The third kappa shape index (κ3) is 3.72. The highest BCUT2D eigenvalue weighted by Crippen LogP contribution is 2.31. The lowest BCUT2D eigenvalue weighted by molar-refractivity contribution is -0.175. The third-order valence-corrected chi connectivity index (χ3v) is 5.72. The molecule has 0 aliphatic carbocycles. The second-order valence-corrected chi connectivity index (χ2v) is 7.70. The van der Waals surface area contributed by atoms with Gasteiger partial charge >= 0.3 is 6.09 Å². The summed E-state index contributed by atoms with van der Waals surface area (Å²) in [6.07, 6.45) is -0.105. The van der Waals surface area contributed by atoms with E-state index in [9.17, 15) is 14.7 Å². The van der Waals surface area contributed by atoms with Crippen LogP contribution in [0.25, 0.3) is 10.8 Å². The number of rotatable bonds is 5. The minimum absolute atomic E-state index is 0.0248. The van der Waals surface area contributed by atoms with Crippen LogP contribution in [0.2, 0.25) is 0 Å². The van der Waals surface area contributed by atoms with Gasteiger partial charge in [0.1, 0.15) is 0 Å². The van der Waals surface area contributed by atoms with E-state index < -0.39 is 17.8 Å². The van der Waals surface area contributed by atoms with Gasteiger partial charge in [0.05, 0.1) is 0 Å². The summed E-state index contributed by atoms with van der Waals surface area (Å²) in [5.41, 5.74) is 0.668. The van der Waals surface area contributed by atoms with Gasteiger partial charge in [-0.1, -0.05) is 36.4 Å². The number of nitrogens with zero attached hydrogens (tertiary/aromatic N) is 1. The molecule has 1 saturated heterocycles. The summed E-state index contributed by atoms with van der Waals surface area (Å²) in [7, 11) is 0. The van der Waals surface area contributed by atoms with Crippen molar-refractivity contribution in [2.75, 3.05) is 18.0 Å². The number of ether oxygens (including phenoxy) is 1. The fourth-order valence-electron chi connectivity index (χ4n) is 3.30. The largest absolute Gasteiger partial charge is 0.410 e. The van der Waals surface area contributed by atoms with Gasteiger partial charge in [0.15, 0.2) is 0 Å². The van der Waals surface area contributed by atoms with Gasteiger partial charge in [-0.2, -0.15) is 0 Å². The van der Waals surface area contributed by atoms with Crippen molar-refractivity contribution >= 4 is 39.8 Å². The van der Waals surface area contributed by atoms with E-state index in [1.54, 1.807) is 11.3 Å². The number of amides is 2. The Labute approximate surface area is 166 Å². The van der Waals surface area contributed by atoms with Crippen molar-refractivity contribution in [1.29, 1.82) is 0 Å². The summed E-state index contributed by atoms with van der Waals surface area (Å²) < 4.78 is 5.09. The van der Waals surface area contributed by atoms with Gasteiger partial charge in [0, 0.05) is 30.1 Å². The maximum atomic E-state index is 12.7. The first-order valence-corrected chi connectivity index (χ1v) is 9.95. The van der Waals surface area contributed by atoms with E-state index in [1.807, 2.05) is 60.0 Å². The Balaban J connectivity index is 1.39. The summed E-state index contributed by atoms with van der Waals surface area (Å²) in [6, 6.07) is 17.4. The van der Waals surface area contributed by atoms with Crippen LogP contribution in [0.4, 0.5) is 10.5 Å². The van der Waals surface area contributed by atoms with Crippen molar-refractivity contribution < 1.29 is 19.4 Å². The van der Waals surface area contributed by atoms with Crippen LogP contribution in [0.1, 0.15) is 11.3 Å². The van der Waals surface area contributed by atoms with E-state index in [0.29, 0.717) is 18.7 Å². The molecule has 144 valence electrons. The first kappa shape index (κ1) is 18.5. The molecule has 3 aromatic rings. The monoisotopic (exact) mass is 396 g/mol. The van der Waals surface area contributed by atoms with Gasteiger partial charge in [-0.15, -0.1) is 11.3 Å². The molecule has 1 aliphatic rings. The van der Waals surface area contributed by atoms with Crippen LogP contribution in [-0.2, 0) is 16.0 Å². The molecule has 1 aromatic heterocycles. The molecule has 0 radical (unpaired) electrons. The lowest BCUT2D eigenvalue weighted by Crippen LogP contribution is -2.46. The Hall–Kier alpha value is -2.90. The zero-order valence-electron chi connectivity index (χ0n) is 15.1. The molecule has 2 amide bonds. The minimum atomic E-state index is -2.14. The van der Waals surface area contributed by atoms with Crippen LogP contribution >= 0.6 is 11.3 Å². The number of carbonyl (C=O) groups is 2. The third-order valence-electron chi connectivity index (χ3n) is 4.78. The lowest BCUT2D eigenvalue weighted by Gasteiger charge is -2.22. The lowest BCUT2D eigenvalue weighted by atomic mass is 10.1. The van der Waals surface area contributed by atoms with Crippen LogP contribution in [-0.4, -0.2) is 36.0 Å². The SMILES string of the molecule is O=C(NCCc1cccs1)O[C@@]1(O)CCN(c2ccc3ccccc3c2)C1=O. The highest BCUT2D eigenvalue weighted by molar-refractivity contribution is 7.09. The van der Waals surface area contributed by atoms with Gasteiger partial charge < -0.3 is 20.1 Å². The highest BCUT2D eigenvalue weighted by atomic mass is 32.1. The molecule has 1 fully saturated rings. The van der Waals surface area contributed by atoms with E-state index in [-0.39, 0.29) is 13.0 Å². The van der Waals surface area contributed by atoms with E-state index in [4.69, 9.17) is 4.74 Å². The van der Waals surface area contributed by atoms with E-state index >= 15 is 0 Å². The second kappa shape index (κ2) is 7.61. The van der Waals surface area contributed by atoms with Crippen LogP contribution in [0.3, 0.4) is 0 Å². The molecule has 1 aliphatic heterocycles. The Morgan fingerprint density at radius 2 is 2.00 bits per heavy atom. The Morgan fingerprint density at radius 3 is 2.79 bits per heavy atom. The zero-order chi connectivity index (χ0) is 19.6. The number of nitrogens with one attached hydrogen (secondary N) is 1. The minimum Gasteiger partial charge on any atom is -0.407 e. The van der Waals surface area contributed by atoms with Crippen LogP contribution in [0, 0.1) is 0 Å². The molecule has 0 bridgehead atoms. The number of aliphatic hydroxyl groups is 1. The number of hydrogen-bond acceptors (Lipinski definition) is 5. The fraction of sp³-hybridized carbons (Fsp3) is 0.238. The van der Waals surface area contributed by atoms with Crippen LogP contribution in [0.15, 0.2) is 60.0 Å². The molecule has 2 N–H and O–H groups in total. The predicted molar refractivity (Wildman–Crippen MR) is 108 cm³/mol. The summed E-state index contributed by atoms with van der Waals surface area (Å²) in [5.74, 6) is -2.77. The molecule has 4 rings (SSSR count). The molecule has 6 nitrogen and oxygen atoms in total. The highest BCUT2D eigenvalue weighted by Gasteiger charge is 2.49. The quantitative estimate of drug-likeness (QED) is 0.649. The first-order chi connectivity index (χ1) is 13.5. The van der Waals surface area contributed by atoms with Crippen LogP contribution < -0.4 is 10.2 Å². The molecule has 2 heterocycles. The number of carbonyl (C=O) groups excluding carboxylic acids is 2. The maximum Gasteiger partial charge on any atom is 0.410 e. The van der Waals surface area contributed by atoms with Gasteiger partial charge in [-0.05, 0) is 40.8 Å². The fourth-order valence-corrected chi connectivity index (χ4v) is 4.01. The Morgan fingerprint density at radius 1 is 1.18 bits per heavy atom. The van der Waals surface area contributed by atoms with Crippen LogP contribution in [0.5, 0.6) is 0 Å². The number of alkyl carbamates (subject to hydrolysis) is 1. The molecular formula is C21H20N2O4S. The average Bonchev–Trinajstić information content (AvgIpc) is 3.30. The van der Waals surface area contributed by atoms with E-state index in [1.165, 1.54) is 4.90 Å². The van der Waals surface area contributed by atoms with Crippen molar-refractivity contribution in [3.63, 3.8) is 0 Å². The van der Waals surface area contributed by atoms with Gasteiger partial charge in [-0.25, -0.2) is 4.79 Å². The topological polar surface area (TPSA) is 78.9 Å². The number of hydrogen-bond donors (Lipinski definition) is 2. The van der Waals surface area contributed by atoms with Crippen molar-refractivity contribution in [2.45, 2.75) is 18.6 Å². The normalized spacial score (nSPS) is 19.2. The number of benzene rings is 2. The van der Waals surface area contributed by atoms with Gasteiger partial charge in [-0.3, -0.25) is 4.79 Å². The summed E-state index contributed by atoms with van der Waals surface area (Å²) >= 11 is 1.60. The molecule has 28 heavy (non-hydrogen) atoms. The Bertz CT molecular complexity index is 1000. The standard InChI is InChI=1S/C21H20N2O4S/c24-19-21(26,27-20(25)22-11-9-18-6-3-13-28-18)10-12-23(19)17-8-7-15-4-1-2-5-16(15)14-17/h1-8,13-14,26H,9-12H2,(H,22,25)/t21-/m0/s1. The number of anilines is 1.